The van der Waals surface area contributed by atoms with E-state index in [0.29, 0.717) is 5.56 Å². The molecule has 0 aliphatic carbocycles. The van der Waals surface area contributed by atoms with Gasteiger partial charge in [-0.1, -0.05) is 22.9 Å². The van der Waals surface area contributed by atoms with Crippen molar-refractivity contribution >= 4 is 46.1 Å². The quantitative estimate of drug-likeness (QED) is 0.229. The molecule has 5 atom stereocenters. The van der Waals surface area contributed by atoms with E-state index in [0.717, 1.165) is 0 Å². The second kappa shape index (κ2) is 9.76. The number of amides is 1. The number of carbonyl (C=O) groups is 1. The maximum absolute atomic E-state index is 13.8. The van der Waals surface area contributed by atoms with Crippen LogP contribution < -0.4 is 5.32 Å². The fourth-order valence-corrected chi connectivity index (χ4v) is 5.84. The lowest BCUT2D eigenvalue weighted by atomic mass is 9.67. The van der Waals surface area contributed by atoms with E-state index in [9.17, 15) is 15.0 Å². The van der Waals surface area contributed by atoms with Crippen molar-refractivity contribution in [3.05, 3.63) is 53.7 Å². The van der Waals surface area contributed by atoms with Crippen LogP contribution in [0.1, 0.15) is 12.5 Å². The van der Waals surface area contributed by atoms with Gasteiger partial charge in [0.1, 0.15) is 11.5 Å². The summed E-state index contributed by atoms with van der Waals surface area (Å²) >= 11 is 13.9. The highest BCUT2D eigenvalue weighted by Crippen LogP contribution is 2.55. The van der Waals surface area contributed by atoms with Crippen molar-refractivity contribution in [2.75, 3.05) is 20.3 Å². The predicted octanol–water partition coefficient (Wildman–Crippen LogP) is 0.508. The fraction of sp³-hybridized carbons (Fsp3) is 0.450. The van der Waals surface area contributed by atoms with Crippen LogP contribution in [0.4, 0.5) is 0 Å². The summed E-state index contributed by atoms with van der Waals surface area (Å²) in [6, 6.07) is 4.84. The first-order valence-corrected chi connectivity index (χ1v) is 12.1. The number of ether oxygens (including phenoxy) is 2. The minimum Gasteiger partial charge on any atom is -0.392 e. The molecule has 0 aromatic carbocycles. The van der Waals surface area contributed by atoms with Gasteiger partial charge in [0.05, 0.1) is 12.8 Å². The number of hydrogen-bond donors (Lipinski definition) is 4. The highest BCUT2D eigenvalue weighted by atomic mass is 79.9. The number of rotatable bonds is 7. The first-order chi connectivity index (χ1) is 16.7. The molecule has 0 bridgehead atoms. The SMILES string of the molecule is CCNC(=O)[C@]1(OC)[C@@H](S)O[C@](Br)(CO)[C@H](O)C1(c1cccnc1)n1cc(-n2ccc(Cl)n2)nn1. The third-order valence-corrected chi connectivity index (χ3v) is 7.52. The number of nitrogens with one attached hydrogen (secondary N) is 1. The molecule has 0 radical (unpaired) electrons. The van der Waals surface area contributed by atoms with Crippen molar-refractivity contribution in [2.45, 2.75) is 34.1 Å². The molecule has 12 nitrogen and oxygen atoms in total. The van der Waals surface area contributed by atoms with Crippen LogP contribution >= 0.6 is 40.2 Å². The minimum atomic E-state index is -2.03. The van der Waals surface area contributed by atoms with Crippen molar-refractivity contribution < 1.29 is 24.5 Å². The molecule has 1 aliphatic heterocycles. The van der Waals surface area contributed by atoms with Crippen molar-refractivity contribution in [1.29, 1.82) is 0 Å². The summed E-state index contributed by atoms with van der Waals surface area (Å²) in [6.45, 7) is 1.30. The van der Waals surface area contributed by atoms with Gasteiger partial charge in [0.15, 0.2) is 21.0 Å². The van der Waals surface area contributed by atoms with E-state index < -0.39 is 39.7 Å². The molecule has 1 amide bonds. The molecule has 3 aromatic rings. The average molecular weight is 589 g/mol. The summed E-state index contributed by atoms with van der Waals surface area (Å²) in [5.74, 6) is -0.406. The van der Waals surface area contributed by atoms with Crippen LogP contribution in [0.3, 0.4) is 0 Å². The number of halogens is 2. The lowest BCUT2D eigenvalue weighted by Gasteiger charge is -2.59. The minimum absolute atomic E-state index is 0.233. The molecule has 188 valence electrons. The number of likely N-dealkylation sites (N-methyl/N-ethyl adjacent to an activating group) is 1. The first kappa shape index (κ1) is 26.0. The molecule has 15 heteroatoms. The zero-order valence-corrected chi connectivity index (χ0v) is 21.9. The van der Waals surface area contributed by atoms with Gasteiger partial charge in [-0.25, -0.2) is 9.36 Å². The van der Waals surface area contributed by atoms with Crippen molar-refractivity contribution in [2.24, 2.45) is 0 Å². The second-order valence-electron chi connectivity index (χ2n) is 7.73. The molecule has 1 unspecified atom stereocenters. The lowest BCUT2D eigenvalue weighted by Crippen LogP contribution is -2.80. The van der Waals surface area contributed by atoms with Crippen LogP contribution in [-0.2, 0) is 19.8 Å². The van der Waals surface area contributed by atoms with Gasteiger partial charge in [-0.05, 0) is 35.0 Å². The molecule has 4 rings (SSSR count). The highest BCUT2D eigenvalue weighted by Gasteiger charge is 2.75. The number of hydrogen-bond acceptors (Lipinski definition) is 10. The van der Waals surface area contributed by atoms with Gasteiger partial charge in [-0.15, -0.1) is 17.7 Å². The van der Waals surface area contributed by atoms with Gasteiger partial charge < -0.3 is 25.0 Å². The first-order valence-electron chi connectivity index (χ1n) is 10.4. The fourth-order valence-electron chi connectivity index (χ4n) is 4.44. The molecule has 0 saturated carbocycles. The summed E-state index contributed by atoms with van der Waals surface area (Å²) in [4.78, 5) is 18.0. The molecule has 3 aromatic heterocycles. The standard InChI is InChI=1S/C20H23BrClN7O5S/c1-3-24-16(32)20(33-2)17(35)34-18(21,11-30)15(31)19(20,12-5-4-7-23-9-12)29-10-14(25-27-29)28-8-6-13(22)26-28/h4-10,15,17,30-31,35H,3,11H2,1-2H3,(H,24,32)/t15-,17+,18+,19?,20-/m0/s1. The number of methoxy groups -OCH3 is 1. The maximum Gasteiger partial charge on any atom is 0.258 e. The maximum atomic E-state index is 13.8. The van der Waals surface area contributed by atoms with Gasteiger partial charge in [-0.3, -0.25) is 9.78 Å². The number of thiol groups is 1. The van der Waals surface area contributed by atoms with Gasteiger partial charge >= 0.3 is 0 Å². The zero-order valence-electron chi connectivity index (χ0n) is 18.6. The second-order valence-corrected chi connectivity index (χ2v) is 9.93. The summed E-state index contributed by atoms with van der Waals surface area (Å²) in [5.41, 5.74) is -4.95. The number of aliphatic hydroxyl groups excluding tert-OH is 2. The van der Waals surface area contributed by atoms with Crippen LogP contribution in [0.15, 0.2) is 43.0 Å². The van der Waals surface area contributed by atoms with Crippen LogP contribution in [0.5, 0.6) is 0 Å². The third-order valence-electron chi connectivity index (χ3n) is 5.97. The summed E-state index contributed by atoms with van der Waals surface area (Å²) in [5, 5.41) is 37.7. The average Bonchev–Trinajstić information content (AvgIpc) is 3.51. The Morgan fingerprint density at radius 2 is 2.23 bits per heavy atom. The number of carbonyl (C=O) groups excluding carboxylic acids is 1. The Balaban J connectivity index is 2.10. The number of aromatic nitrogens is 6. The van der Waals surface area contributed by atoms with Gasteiger partial charge in [0.2, 0.25) is 5.60 Å². The van der Waals surface area contributed by atoms with E-state index in [2.05, 4.69) is 54.3 Å². The summed E-state index contributed by atoms with van der Waals surface area (Å²) in [7, 11) is 1.30. The van der Waals surface area contributed by atoms with E-state index in [1.807, 2.05) is 0 Å². The third kappa shape index (κ3) is 3.79. The largest absolute Gasteiger partial charge is 0.392 e. The number of nitrogens with zero attached hydrogens (tertiary/aromatic N) is 6. The summed E-state index contributed by atoms with van der Waals surface area (Å²) in [6.07, 6.45) is 4.34. The topological polar surface area (TPSA) is 149 Å². The molecule has 35 heavy (non-hydrogen) atoms. The normalized spacial score (nSPS) is 30.8. The van der Waals surface area contributed by atoms with Gasteiger partial charge in [0.25, 0.3) is 5.91 Å². The molecule has 4 heterocycles. The van der Waals surface area contributed by atoms with Crippen molar-refractivity contribution in [3.63, 3.8) is 0 Å². The number of pyridine rings is 1. The zero-order chi connectivity index (χ0) is 25.4. The van der Waals surface area contributed by atoms with Gasteiger partial charge in [0, 0.05) is 37.8 Å². The Labute approximate surface area is 219 Å². The molecular formula is C20H23BrClN7O5S. The van der Waals surface area contributed by atoms with Crippen molar-refractivity contribution in [3.8, 4) is 5.82 Å². The van der Waals surface area contributed by atoms with E-state index in [4.69, 9.17) is 21.1 Å². The Morgan fingerprint density at radius 1 is 1.46 bits per heavy atom. The number of alkyl halides is 1. The van der Waals surface area contributed by atoms with Crippen LogP contribution in [-0.4, -0.2) is 87.8 Å². The smallest absolute Gasteiger partial charge is 0.258 e. The Kier molecular flexibility index (Phi) is 7.26. The van der Waals surface area contributed by atoms with E-state index in [1.54, 1.807) is 31.3 Å². The van der Waals surface area contributed by atoms with Crippen molar-refractivity contribution in [1.82, 2.24) is 35.1 Å². The number of aliphatic hydroxyl groups is 2. The van der Waals surface area contributed by atoms with Crippen LogP contribution in [0.2, 0.25) is 5.15 Å². The molecule has 1 saturated heterocycles. The predicted molar refractivity (Wildman–Crippen MR) is 131 cm³/mol. The monoisotopic (exact) mass is 587 g/mol. The van der Waals surface area contributed by atoms with E-state index >= 15 is 0 Å². The molecule has 3 N–H and O–H groups in total. The lowest BCUT2D eigenvalue weighted by molar-refractivity contribution is -0.263. The van der Waals surface area contributed by atoms with E-state index in [1.165, 1.54) is 35.1 Å². The van der Waals surface area contributed by atoms with E-state index in [-0.39, 0.29) is 17.5 Å². The molecular weight excluding hydrogens is 566 g/mol. The highest BCUT2D eigenvalue weighted by molar-refractivity contribution is 9.10. The van der Waals surface area contributed by atoms with Gasteiger partial charge in [-0.2, -0.15) is 5.10 Å². The summed E-state index contributed by atoms with van der Waals surface area (Å²) < 4.78 is 12.7. The Hall–Kier alpha value is -2.07. The molecule has 0 spiro atoms. The van der Waals surface area contributed by atoms with Crippen LogP contribution in [0.25, 0.3) is 5.82 Å². The molecule has 1 aliphatic rings. The Morgan fingerprint density at radius 3 is 2.80 bits per heavy atom. The Bertz CT molecular complexity index is 1200. The molecule has 1 fully saturated rings. The van der Waals surface area contributed by atoms with Crippen LogP contribution in [0, 0.1) is 0 Å².